The van der Waals surface area contributed by atoms with E-state index in [9.17, 15) is 9.59 Å². The van der Waals surface area contributed by atoms with Crippen molar-refractivity contribution < 1.29 is 9.59 Å². The summed E-state index contributed by atoms with van der Waals surface area (Å²) in [5.74, 6) is 0.0171. The molecule has 0 bridgehead atoms. The van der Waals surface area contributed by atoms with Gasteiger partial charge in [-0.3, -0.25) is 9.59 Å². The van der Waals surface area contributed by atoms with Crippen LogP contribution in [0, 0.1) is 5.92 Å². The van der Waals surface area contributed by atoms with Gasteiger partial charge in [0.15, 0.2) is 0 Å². The van der Waals surface area contributed by atoms with Gasteiger partial charge in [0, 0.05) is 48.2 Å². The smallest absolute Gasteiger partial charge is 0.255 e. The van der Waals surface area contributed by atoms with E-state index in [2.05, 4.69) is 10.2 Å². The van der Waals surface area contributed by atoms with Crippen LogP contribution in [0.3, 0.4) is 0 Å². The van der Waals surface area contributed by atoms with Crippen LogP contribution >= 0.6 is 0 Å². The predicted molar refractivity (Wildman–Crippen MR) is 113 cm³/mol. The maximum absolute atomic E-state index is 12.6. The maximum atomic E-state index is 12.6. The number of benzene rings is 2. The highest BCUT2D eigenvalue weighted by Gasteiger charge is 2.26. The summed E-state index contributed by atoms with van der Waals surface area (Å²) in [4.78, 5) is 29.2. The Morgan fingerprint density at radius 2 is 1.68 bits per heavy atom. The molecule has 2 aliphatic rings. The fourth-order valence-corrected chi connectivity index (χ4v) is 4.02. The molecule has 0 radical (unpaired) electrons. The van der Waals surface area contributed by atoms with E-state index in [0.29, 0.717) is 12.1 Å². The SMILES string of the molecule is CC(C)C(=O)N1CCc2cc(NC(=O)c3ccc(N4CCCC4)cc3)ccc21. The van der Waals surface area contributed by atoms with Crippen molar-refractivity contribution in [3.8, 4) is 0 Å². The zero-order chi connectivity index (χ0) is 19.7. The molecule has 5 nitrogen and oxygen atoms in total. The number of hydrogen-bond acceptors (Lipinski definition) is 3. The van der Waals surface area contributed by atoms with Crippen LogP contribution in [-0.2, 0) is 11.2 Å². The summed E-state index contributed by atoms with van der Waals surface area (Å²) in [6.45, 7) is 6.74. The molecular weight excluding hydrogens is 350 g/mol. The molecule has 5 heteroatoms. The molecule has 28 heavy (non-hydrogen) atoms. The minimum Gasteiger partial charge on any atom is -0.372 e. The Bertz CT molecular complexity index is 883. The number of nitrogens with one attached hydrogen (secondary N) is 1. The maximum Gasteiger partial charge on any atom is 0.255 e. The number of carbonyl (C=O) groups is 2. The van der Waals surface area contributed by atoms with E-state index in [1.54, 1.807) is 0 Å². The van der Waals surface area contributed by atoms with Crippen molar-refractivity contribution in [2.45, 2.75) is 33.1 Å². The van der Waals surface area contributed by atoms with Crippen LogP contribution in [0.5, 0.6) is 0 Å². The van der Waals surface area contributed by atoms with E-state index in [1.807, 2.05) is 61.2 Å². The van der Waals surface area contributed by atoms with Crippen LogP contribution in [0.25, 0.3) is 0 Å². The first-order chi connectivity index (χ1) is 13.5. The number of rotatable bonds is 4. The Kier molecular flexibility index (Phi) is 5.07. The summed E-state index contributed by atoms with van der Waals surface area (Å²) in [7, 11) is 0. The average molecular weight is 377 g/mol. The zero-order valence-corrected chi connectivity index (χ0v) is 16.6. The van der Waals surface area contributed by atoms with Gasteiger partial charge in [0.25, 0.3) is 5.91 Å². The van der Waals surface area contributed by atoms with Crippen LogP contribution in [-0.4, -0.2) is 31.4 Å². The average Bonchev–Trinajstić information content (AvgIpc) is 3.37. The Hall–Kier alpha value is -2.82. The summed E-state index contributed by atoms with van der Waals surface area (Å²) in [5, 5.41) is 2.99. The lowest BCUT2D eigenvalue weighted by molar-refractivity contribution is -0.121. The van der Waals surface area contributed by atoms with Crippen molar-refractivity contribution in [1.29, 1.82) is 0 Å². The normalized spacial score (nSPS) is 15.8. The van der Waals surface area contributed by atoms with Crippen molar-refractivity contribution in [1.82, 2.24) is 0 Å². The summed E-state index contributed by atoms with van der Waals surface area (Å²) >= 11 is 0. The molecular formula is C23H27N3O2. The first kappa shape index (κ1) is 18.5. The number of fused-ring (bicyclic) bond motifs is 1. The Morgan fingerprint density at radius 1 is 0.964 bits per heavy atom. The molecule has 0 saturated carbocycles. The third kappa shape index (κ3) is 3.61. The van der Waals surface area contributed by atoms with Crippen molar-refractivity contribution in [3.05, 3.63) is 53.6 Å². The fourth-order valence-electron chi connectivity index (χ4n) is 4.02. The fraction of sp³-hybridized carbons (Fsp3) is 0.391. The highest BCUT2D eigenvalue weighted by atomic mass is 16.2. The van der Waals surface area contributed by atoms with E-state index < -0.39 is 0 Å². The molecule has 2 amide bonds. The van der Waals surface area contributed by atoms with Gasteiger partial charge in [0.1, 0.15) is 0 Å². The monoisotopic (exact) mass is 377 g/mol. The highest BCUT2D eigenvalue weighted by molar-refractivity contribution is 6.05. The summed E-state index contributed by atoms with van der Waals surface area (Å²) in [5.41, 5.74) is 4.68. The van der Waals surface area contributed by atoms with E-state index >= 15 is 0 Å². The largest absolute Gasteiger partial charge is 0.372 e. The molecule has 1 saturated heterocycles. The molecule has 1 N–H and O–H groups in total. The van der Waals surface area contributed by atoms with E-state index in [1.165, 1.54) is 18.5 Å². The number of carbonyl (C=O) groups excluding carboxylic acids is 2. The van der Waals surface area contributed by atoms with Gasteiger partial charge in [0.05, 0.1) is 0 Å². The lowest BCUT2D eigenvalue weighted by Gasteiger charge is -2.19. The quantitative estimate of drug-likeness (QED) is 0.873. The van der Waals surface area contributed by atoms with Crippen molar-refractivity contribution >= 4 is 28.9 Å². The standard InChI is InChI=1S/C23H27N3O2/c1-16(2)23(28)26-14-11-18-15-19(7-10-21(18)26)24-22(27)17-5-8-20(9-6-17)25-12-3-4-13-25/h5-10,15-16H,3-4,11-14H2,1-2H3,(H,24,27). The molecule has 1 fully saturated rings. The van der Waals surface area contributed by atoms with Crippen molar-refractivity contribution in [3.63, 3.8) is 0 Å². The predicted octanol–water partition coefficient (Wildman–Crippen LogP) is 4.08. The van der Waals surface area contributed by atoms with Crippen LogP contribution in [0.15, 0.2) is 42.5 Å². The second kappa shape index (κ2) is 7.66. The van der Waals surface area contributed by atoms with E-state index in [-0.39, 0.29) is 17.7 Å². The van der Waals surface area contributed by atoms with E-state index in [4.69, 9.17) is 0 Å². The van der Waals surface area contributed by atoms with Gasteiger partial charge in [-0.15, -0.1) is 0 Å². The highest BCUT2D eigenvalue weighted by Crippen LogP contribution is 2.31. The molecule has 146 valence electrons. The lowest BCUT2D eigenvalue weighted by Crippen LogP contribution is -2.32. The molecule has 0 spiro atoms. The van der Waals surface area contributed by atoms with Gasteiger partial charge in [-0.1, -0.05) is 13.8 Å². The van der Waals surface area contributed by atoms with Crippen molar-refractivity contribution in [2.24, 2.45) is 5.92 Å². The molecule has 0 aromatic heterocycles. The molecule has 0 unspecified atom stereocenters. The minimum atomic E-state index is -0.110. The third-order valence-corrected chi connectivity index (χ3v) is 5.59. The second-order valence-corrected chi connectivity index (χ2v) is 7.93. The second-order valence-electron chi connectivity index (χ2n) is 7.93. The molecule has 2 aromatic carbocycles. The van der Waals surface area contributed by atoms with Crippen LogP contribution < -0.4 is 15.1 Å². The first-order valence-corrected chi connectivity index (χ1v) is 10.1. The number of anilines is 3. The molecule has 2 aromatic rings. The number of hydrogen-bond donors (Lipinski definition) is 1. The lowest BCUT2D eigenvalue weighted by atomic mass is 10.1. The topological polar surface area (TPSA) is 52.7 Å². The van der Waals surface area contributed by atoms with Crippen LogP contribution in [0.4, 0.5) is 17.1 Å². The summed E-state index contributed by atoms with van der Waals surface area (Å²) < 4.78 is 0. The first-order valence-electron chi connectivity index (χ1n) is 10.1. The van der Waals surface area contributed by atoms with Gasteiger partial charge >= 0.3 is 0 Å². The van der Waals surface area contributed by atoms with Crippen molar-refractivity contribution in [2.75, 3.05) is 34.8 Å². The molecule has 2 aliphatic heterocycles. The molecule has 0 aliphatic carbocycles. The van der Waals surface area contributed by atoms with Crippen LogP contribution in [0.2, 0.25) is 0 Å². The van der Waals surface area contributed by atoms with Gasteiger partial charge in [-0.25, -0.2) is 0 Å². The molecule has 2 heterocycles. The molecule has 4 rings (SSSR count). The Labute approximate surface area is 166 Å². The minimum absolute atomic E-state index is 0.0196. The Morgan fingerprint density at radius 3 is 2.36 bits per heavy atom. The molecule has 0 atom stereocenters. The summed E-state index contributed by atoms with van der Waals surface area (Å²) in [6.07, 6.45) is 3.30. The van der Waals surface area contributed by atoms with Gasteiger partial charge < -0.3 is 15.1 Å². The van der Waals surface area contributed by atoms with Gasteiger partial charge in [0.2, 0.25) is 5.91 Å². The van der Waals surface area contributed by atoms with Gasteiger partial charge in [-0.2, -0.15) is 0 Å². The van der Waals surface area contributed by atoms with E-state index in [0.717, 1.165) is 36.4 Å². The number of nitrogens with zero attached hydrogens (tertiary/aromatic N) is 2. The van der Waals surface area contributed by atoms with Gasteiger partial charge in [-0.05, 0) is 67.3 Å². The van der Waals surface area contributed by atoms with Crippen LogP contribution in [0.1, 0.15) is 42.6 Å². The summed E-state index contributed by atoms with van der Waals surface area (Å²) in [6, 6.07) is 13.6. The zero-order valence-electron chi connectivity index (χ0n) is 16.6. The number of amides is 2. The third-order valence-electron chi connectivity index (χ3n) is 5.59. The Balaban J connectivity index is 1.44.